The van der Waals surface area contributed by atoms with Crippen molar-refractivity contribution in [1.29, 1.82) is 0 Å². The van der Waals surface area contributed by atoms with Crippen molar-refractivity contribution in [3.05, 3.63) is 71.5 Å². The summed E-state index contributed by atoms with van der Waals surface area (Å²) in [7, 11) is 0. The first-order chi connectivity index (χ1) is 13.7. The molecular formula is C20H17ClN4OS2. The number of carbonyl (C=O) groups is 1. The SMILES string of the molecule is CSc1cccc(C(=O)N(CCn2cccn2)c2nc3c(Cl)cccc3s2)c1. The quantitative estimate of drug-likeness (QED) is 0.395. The second-order valence-electron chi connectivity index (χ2n) is 6.04. The van der Waals surface area contributed by atoms with E-state index in [9.17, 15) is 4.79 Å². The van der Waals surface area contributed by atoms with Gasteiger partial charge in [0.05, 0.1) is 16.3 Å². The monoisotopic (exact) mass is 428 g/mol. The van der Waals surface area contributed by atoms with Crippen molar-refractivity contribution < 1.29 is 4.79 Å². The van der Waals surface area contributed by atoms with E-state index < -0.39 is 0 Å². The van der Waals surface area contributed by atoms with Crippen molar-refractivity contribution in [3.8, 4) is 0 Å². The molecule has 0 saturated heterocycles. The lowest BCUT2D eigenvalue weighted by Crippen LogP contribution is -2.34. The summed E-state index contributed by atoms with van der Waals surface area (Å²) in [5.41, 5.74) is 1.36. The maximum Gasteiger partial charge on any atom is 0.260 e. The molecule has 0 aliphatic carbocycles. The van der Waals surface area contributed by atoms with Gasteiger partial charge in [-0.15, -0.1) is 11.8 Å². The number of carbonyl (C=O) groups excluding carboxylic acids is 1. The van der Waals surface area contributed by atoms with Gasteiger partial charge in [0.1, 0.15) is 5.52 Å². The van der Waals surface area contributed by atoms with E-state index in [1.54, 1.807) is 27.5 Å². The molecule has 0 spiro atoms. The van der Waals surface area contributed by atoms with Crippen LogP contribution >= 0.6 is 34.7 Å². The second-order valence-corrected chi connectivity index (χ2v) is 8.34. The average molecular weight is 429 g/mol. The van der Waals surface area contributed by atoms with Crippen LogP contribution in [0.4, 0.5) is 5.13 Å². The number of para-hydroxylation sites is 1. The fraction of sp³-hybridized carbons (Fsp3) is 0.150. The van der Waals surface area contributed by atoms with Crippen LogP contribution in [0.5, 0.6) is 0 Å². The van der Waals surface area contributed by atoms with E-state index in [0.29, 0.717) is 28.8 Å². The summed E-state index contributed by atoms with van der Waals surface area (Å²) in [4.78, 5) is 20.8. The van der Waals surface area contributed by atoms with Crippen molar-refractivity contribution in [2.24, 2.45) is 0 Å². The molecule has 2 heterocycles. The minimum absolute atomic E-state index is 0.0850. The van der Waals surface area contributed by atoms with Crippen LogP contribution in [0.2, 0.25) is 5.02 Å². The van der Waals surface area contributed by atoms with Gasteiger partial charge in [-0.2, -0.15) is 5.10 Å². The Hall–Kier alpha value is -2.35. The molecule has 0 saturated carbocycles. The highest BCUT2D eigenvalue weighted by atomic mass is 35.5. The zero-order valence-corrected chi connectivity index (χ0v) is 17.5. The smallest absolute Gasteiger partial charge is 0.260 e. The van der Waals surface area contributed by atoms with E-state index in [1.807, 2.05) is 61.0 Å². The molecule has 0 fully saturated rings. The number of rotatable bonds is 6. The van der Waals surface area contributed by atoms with Gasteiger partial charge in [0.2, 0.25) is 0 Å². The van der Waals surface area contributed by atoms with Gasteiger partial charge in [-0.25, -0.2) is 4.98 Å². The van der Waals surface area contributed by atoms with Gasteiger partial charge in [-0.3, -0.25) is 14.4 Å². The molecule has 2 aromatic carbocycles. The minimum Gasteiger partial charge on any atom is -0.282 e. The Morgan fingerprint density at radius 1 is 1.25 bits per heavy atom. The summed E-state index contributed by atoms with van der Waals surface area (Å²) in [6, 6.07) is 15.2. The molecule has 0 radical (unpaired) electrons. The van der Waals surface area contributed by atoms with E-state index in [1.165, 1.54) is 11.3 Å². The normalized spacial score (nSPS) is 11.1. The number of aromatic nitrogens is 3. The third-order valence-corrected chi connectivity index (χ3v) is 6.34. The highest BCUT2D eigenvalue weighted by molar-refractivity contribution is 7.98. The molecule has 0 atom stereocenters. The lowest BCUT2D eigenvalue weighted by atomic mass is 10.2. The summed E-state index contributed by atoms with van der Waals surface area (Å²) in [6.45, 7) is 1.03. The molecular weight excluding hydrogens is 412 g/mol. The zero-order valence-electron chi connectivity index (χ0n) is 15.1. The summed E-state index contributed by atoms with van der Waals surface area (Å²) in [6.07, 6.45) is 5.60. The average Bonchev–Trinajstić information content (AvgIpc) is 3.38. The number of thioether (sulfide) groups is 1. The Bertz CT molecular complexity index is 1110. The van der Waals surface area contributed by atoms with E-state index >= 15 is 0 Å². The Labute approximate surface area is 176 Å². The number of halogens is 1. The maximum absolute atomic E-state index is 13.4. The van der Waals surface area contributed by atoms with Crippen molar-refractivity contribution in [2.75, 3.05) is 17.7 Å². The maximum atomic E-state index is 13.4. The number of hydrogen-bond acceptors (Lipinski definition) is 5. The van der Waals surface area contributed by atoms with Crippen molar-refractivity contribution in [3.63, 3.8) is 0 Å². The van der Waals surface area contributed by atoms with E-state index in [-0.39, 0.29) is 5.91 Å². The van der Waals surface area contributed by atoms with Crippen LogP contribution in [0.3, 0.4) is 0 Å². The first-order valence-electron chi connectivity index (χ1n) is 8.64. The Balaban J connectivity index is 1.71. The Kier molecular flexibility index (Phi) is 5.66. The van der Waals surface area contributed by atoms with Crippen molar-refractivity contribution >= 4 is 56.0 Å². The molecule has 28 heavy (non-hydrogen) atoms. The molecule has 0 N–H and O–H groups in total. The van der Waals surface area contributed by atoms with Gasteiger partial charge < -0.3 is 0 Å². The van der Waals surface area contributed by atoms with Crippen molar-refractivity contribution in [1.82, 2.24) is 14.8 Å². The molecule has 8 heteroatoms. The van der Waals surface area contributed by atoms with Gasteiger partial charge in [-0.1, -0.05) is 35.1 Å². The first kappa shape index (κ1) is 19.0. The van der Waals surface area contributed by atoms with Gasteiger partial charge in [0.15, 0.2) is 5.13 Å². The number of benzene rings is 2. The van der Waals surface area contributed by atoms with Crippen LogP contribution in [0, 0.1) is 0 Å². The summed E-state index contributed by atoms with van der Waals surface area (Å²) < 4.78 is 2.76. The van der Waals surface area contributed by atoms with Crippen molar-refractivity contribution in [2.45, 2.75) is 11.4 Å². The topological polar surface area (TPSA) is 51.0 Å². The van der Waals surface area contributed by atoms with E-state index in [2.05, 4.69) is 10.1 Å². The lowest BCUT2D eigenvalue weighted by molar-refractivity contribution is 0.0985. The van der Waals surface area contributed by atoms with Gasteiger partial charge in [0, 0.05) is 29.4 Å². The molecule has 0 unspecified atom stereocenters. The number of amides is 1. The third kappa shape index (κ3) is 3.92. The van der Waals surface area contributed by atoms with Gasteiger partial charge >= 0.3 is 0 Å². The molecule has 4 rings (SSSR count). The van der Waals surface area contributed by atoms with Crippen LogP contribution < -0.4 is 4.90 Å². The lowest BCUT2D eigenvalue weighted by Gasteiger charge is -2.20. The highest BCUT2D eigenvalue weighted by Crippen LogP contribution is 2.33. The summed E-state index contributed by atoms with van der Waals surface area (Å²) in [5, 5.41) is 5.46. The highest BCUT2D eigenvalue weighted by Gasteiger charge is 2.22. The van der Waals surface area contributed by atoms with Crippen LogP contribution in [-0.4, -0.2) is 33.5 Å². The Morgan fingerprint density at radius 3 is 2.86 bits per heavy atom. The predicted molar refractivity (Wildman–Crippen MR) is 117 cm³/mol. The Morgan fingerprint density at radius 2 is 2.11 bits per heavy atom. The standard InChI is InChI=1S/C20H17ClN4OS2/c1-27-15-6-2-5-14(13-15)19(26)25(12-11-24-10-4-9-22-24)20-23-18-16(21)7-3-8-17(18)28-20/h2-10,13H,11-12H2,1H3. The fourth-order valence-corrected chi connectivity index (χ4v) is 4.60. The van der Waals surface area contributed by atoms with E-state index in [0.717, 1.165) is 15.1 Å². The van der Waals surface area contributed by atoms with Crippen LogP contribution in [-0.2, 0) is 6.54 Å². The van der Waals surface area contributed by atoms with E-state index in [4.69, 9.17) is 11.6 Å². The third-order valence-electron chi connectivity index (χ3n) is 4.26. The summed E-state index contributed by atoms with van der Waals surface area (Å²) >= 11 is 9.37. The minimum atomic E-state index is -0.0850. The molecule has 0 aliphatic rings. The zero-order chi connectivity index (χ0) is 19.5. The number of hydrogen-bond donors (Lipinski definition) is 0. The number of anilines is 1. The van der Waals surface area contributed by atoms with Crippen LogP contribution in [0.15, 0.2) is 65.8 Å². The fourth-order valence-electron chi connectivity index (χ4n) is 2.85. The molecule has 0 aliphatic heterocycles. The van der Waals surface area contributed by atoms with Crippen LogP contribution in [0.25, 0.3) is 10.2 Å². The largest absolute Gasteiger partial charge is 0.282 e. The summed E-state index contributed by atoms with van der Waals surface area (Å²) in [5.74, 6) is -0.0850. The molecule has 2 aromatic heterocycles. The first-order valence-corrected chi connectivity index (χ1v) is 11.1. The molecule has 142 valence electrons. The second kappa shape index (κ2) is 8.34. The van der Waals surface area contributed by atoms with Gasteiger partial charge in [0.25, 0.3) is 5.91 Å². The molecule has 5 nitrogen and oxygen atoms in total. The molecule has 1 amide bonds. The molecule has 4 aromatic rings. The number of nitrogens with zero attached hydrogens (tertiary/aromatic N) is 4. The number of thiazole rings is 1. The molecule has 0 bridgehead atoms. The van der Waals surface area contributed by atoms with Crippen LogP contribution in [0.1, 0.15) is 10.4 Å². The number of fused-ring (bicyclic) bond motifs is 1. The predicted octanol–water partition coefficient (Wildman–Crippen LogP) is 5.22. The van der Waals surface area contributed by atoms with Gasteiger partial charge in [-0.05, 0) is 42.7 Å².